The minimum atomic E-state index is 0.233. The van der Waals surface area contributed by atoms with E-state index < -0.39 is 0 Å². The van der Waals surface area contributed by atoms with Crippen molar-refractivity contribution in [2.45, 2.75) is 71.5 Å². The minimum Gasteiger partial charge on any atom is -0.373 e. The highest BCUT2D eigenvalue weighted by molar-refractivity contribution is 5.80. The fraction of sp³-hybridized carbons (Fsp3) is 0.500. The molecular weight excluding hydrogens is 442 g/mol. The summed E-state index contributed by atoms with van der Waals surface area (Å²) in [5.74, 6) is 2.29. The third-order valence-electron chi connectivity index (χ3n) is 10.5. The third kappa shape index (κ3) is 3.37. The largest absolute Gasteiger partial charge is 0.373 e. The molecule has 0 unspecified atom stereocenters. The molecule has 7 rings (SSSR count). The summed E-state index contributed by atoms with van der Waals surface area (Å²) in [6.07, 6.45) is 19.9. The van der Waals surface area contributed by atoms with Crippen molar-refractivity contribution >= 4 is 16.7 Å². The molecule has 0 N–H and O–H groups in total. The first-order chi connectivity index (χ1) is 17.6. The summed E-state index contributed by atoms with van der Waals surface area (Å²) in [6, 6.07) is 12.7. The highest BCUT2D eigenvalue weighted by atomic mass is 16.5. The van der Waals surface area contributed by atoms with Crippen LogP contribution in [0.1, 0.15) is 64.4 Å². The Morgan fingerprint density at radius 3 is 2.75 bits per heavy atom. The van der Waals surface area contributed by atoms with Crippen LogP contribution in [-0.4, -0.2) is 20.6 Å². The number of hydrogen-bond donors (Lipinski definition) is 0. The quantitative estimate of drug-likeness (QED) is 0.365. The van der Waals surface area contributed by atoms with Crippen molar-refractivity contribution in [1.29, 1.82) is 0 Å². The molecule has 2 aromatic heterocycles. The van der Waals surface area contributed by atoms with Crippen LogP contribution in [0.4, 0.5) is 0 Å². The van der Waals surface area contributed by atoms with Crippen LogP contribution in [0.25, 0.3) is 16.7 Å². The number of para-hydroxylation sites is 2. The molecule has 0 amide bonds. The molecule has 2 saturated carbocycles. The summed E-state index contributed by atoms with van der Waals surface area (Å²) in [7, 11) is 0. The SMILES string of the molecule is C[C@]12CC[C@H](OCc3cccnc3)CC1=CC[C@@H]1[C@@H]2CC[C@]2(C)C(n3cnc4ccccc43)=CC[C@@H]12. The molecule has 0 saturated heterocycles. The first-order valence-corrected chi connectivity index (χ1v) is 13.9. The molecule has 3 aromatic rings. The molecule has 36 heavy (non-hydrogen) atoms. The summed E-state index contributed by atoms with van der Waals surface area (Å²) in [5.41, 5.74) is 7.26. The van der Waals surface area contributed by atoms with Crippen LogP contribution in [-0.2, 0) is 11.3 Å². The smallest absolute Gasteiger partial charge is 0.100 e. The van der Waals surface area contributed by atoms with Crippen molar-refractivity contribution in [3.05, 3.63) is 78.4 Å². The number of benzene rings is 1. The van der Waals surface area contributed by atoms with Gasteiger partial charge in [-0.2, -0.15) is 0 Å². The third-order valence-corrected chi connectivity index (χ3v) is 10.5. The van der Waals surface area contributed by atoms with Crippen LogP contribution in [0.15, 0.2) is 72.8 Å². The molecule has 4 heteroatoms. The molecule has 2 heterocycles. The van der Waals surface area contributed by atoms with Gasteiger partial charge in [0.1, 0.15) is 6.33 Å². The molecule has 0 bridgehead atoms. The lowest BCUT2D eigenvalue weighted by Crippen LogP contribution is -2.50. The number of hydrogen-bond acceptors (Lipinski definition) is 3. The Morgan fingerprint density at radius 1 is 0.972 bits per heavy atom. The van der Waals surface area contributed by atoms with Gasteiger partial charge in [0.25, 0.3) is 0 Å². The van der Waals surface area contributed by atoms with E-state index in [-0.39, 0.29) is 5.41 Å². The highest BCUT2D eigenvalue weighted by Crippen LogP contribution is 2.65. The van der Waals surface area contributed by atoms with Crippen LogP contribution in [0.2, 0.25) is 0 Å². The number of allylic oxidation sites excluding steroid dienone is 3. The molecule has 186 valence electrons. The van der Waals surface area contributed by atoms with E-state index in [0.29, 0.717) is 18.1 Å². The second-order valence-electron chi connectivity index (χ2n) is 12.2. The van der Waals surface area contributed by atoms with Crippen LogP contribution in [0, 0.1) is 28.6 Å². The molecule has 6 atom stereocenters. The van der Waals surface area contributed by atoms with Gasteiger partial charge in [-0.1, -0.05) is 49.8 Å². The average Bonchev–Trinajstić information content (AvgIpc) is 3.48. The van der Waals surface area contributed by atoms with Gasteiger partial charge >= 0.3 is 0 Å². The number of aromatic nitrogens is 3. The molecule has 4 aliphatic rings. The zero-order valence-corrected chi connectivity index (χ0v) is 21.6. The highest BCUT2D eigenvalue weighted by Gasteiger charge is 2.57. The first kappa shape index (κ1) is 22.5. The van der Waals surface area contributed by atoms with Crippen molar-refractivity contribution in [1.82, 2.24) is 14.5 Å². The van der Waals surface area contributed by atoms with Crippen molar-refractivity contribution < 1.29 is 4.74 Å². The maximum absolute atomic E-state index is 6.38. The van der Waals surface area contributed by atoms with Gasteiger partial charge in [0.05, 0.1) is 23.7 Å². The Labute approximate surface area is 214 Å². The zero-order chi connectivity index (χ0) is 24.3. The van der Waals surface area contributed by atoms with Crippen molar-refractivity contribution in [2.24, 2.45) is 28.6 Å². The van der Waals surface area contributed by atoms with Gasteiger partial charge in [0, 0.05) is 23.5 Å². The number of pyridine rings is 1. The van der Waals surface area contributed by atoms with Crippen molar-refractivity contribution in [3.8, 4) is 0 Å². The van der Waals surface area contributed by atoms with Gasteiger partial charge < -0.3 is 9.30 Å². The molecule has 1 aromatic carbocycles. The Hall–Kier alpha value is -2.72. The molecule has 2 fully saturated rings. The molecule has 0 radical (unpaired) electrons. The second-order valence-corrected chi connectivity index (χ2v) is 12.2. The molecule has 4 aliphatic carbocycles. The number of imidazole rings is 1. The molecule has 0 aliphatic heterocycles. The topological polar surface area (TPSA) is 39.9 Å². The summed E-state index contributed by atoms with van der Waals surface area (Å²) < 4.78 is 8.77. The zero-order valence-electron chi connectivity index (χ0n) is 21.6. The van der Waals surface area contributed by atoms with Crippen LogP contribution in [0.5, 0.6) is 0 Å². The Morgan fingerprint density at radius 2 is 1.86 bits per heavy atom. The van der Waals surface area contributed by atoms with E-state index in [1.807, 2.05) is 18.5 Å². The number of fused-ring (bicyclic) bond motifs is 6. The number of ether oxygens (including phenoxy) is 1. The van der Waals surface area contributed by atoms with Gasteiger partial charge in [-0.05, 0) is 91.9 Å². The van der Waals surface area contributed by atoms with Crippen LogP contribution in [0.3, 0.4) is 0 Å². The fourth-order valence-corrected chi connectivity index (χ4v) is 8.54. The van der Waals surface area contributed by atoms with Gasteiger partial charge in [-0.15, -0.1) is 0 Å². The maximum Gasteiger partial charge on any atom is 0.100 e. The standard InChI is InChI=1S/C32H37N3O/c1-31-15-13-24(36-20-22-6-5-17-33-19-22)18-23(31)9-10-25-26-11-12-30(32(26,2)16-14-27(25)31)35-21-34-28-7-3-4-8-29(28)35/h3-9,12,17,19,21,24-27H,10-11,13-16,18,20H2,1-2H3/t24-,25-,26-,27-,31-,32-/m0/s1. The summed E-state index contributed by atoms with van der Waals surface area (Å²) in [6.45, 7) is 5.81. The van der Waals surface area contributed by atoms with E-state index >= 15 is 0 Å². The van der Waals surface area contributed by atoms with Gasteiger partial charge in [-0.3, -0.25) is 4.98 Å². The minimum absolute atomic E-state index is 0.233. The van der Waals surface area contributed by atoms with Gasteiger partial charge in [0.15, 0.2) is 0 Å². The summed E-state index contributed by atoms with van der Waals surface area (Å²) in [5, 5.41) is 0. The van der Waals surface area contributed by atoms with Gasteiger partial charge in [0.2, 0.25) is 0 Å². The van der Waals surface area contributed by atoms with E-state index in [0.717, 1.165) is 29.7 Å². The Kier molecular flexibility index (Phi) is 5.25. The summed E-state index contributed by atoms with van der Waals surface area (Å²) >= 11 is 0. The first-order valence-electron chi connectivity index (χ1n) is 13.9. The number of nitrogens with zero attached hydrogens (tertiary/aromatic N) is 3. The fourth-order valence-electron chi connectivity index (χ4n) is 8.54. The monoisotopic (exact) mass is 479 g/mol. The predicted molar refractivity (Wildman–Crippen MR) is 144 cm³/mol. The number of rotatable bonds is 4. The average molecular weight is 480 g/mol. The molecule has 0 spiro atoms. The lowest BCUT2D eigenvalue weighted by Gasteiger charge is -2.57. The van der Waals surface area contributed by atoms with Crippen molar-refractivity contribution in [3.63, 3.8) is 0 Å². The van der Waals surface area contributed by atoms with E-state index in [2.05, 4.69) is 72.2 Å². The van der Waals surface area contributed by atoms with E-state index in [4.69, 9.17) is 9.72 Å². The lowest BCUT2D eigenvalue weighted by molar-refractivity contribution is -0.0428. The van der Waals surface area contributed by atoms with Crippen LogP contribution < -0.4 is 0 Å². The van der Waals surface area contributed by atoms with Gasteiger partial charge in [-0.25, -0.2) is 4.98 Å². The van der Waals surface area contributed by atoms with Crippen LogP contribution >= 0.6 is 0 Å². The molecular formula is C32H37N3O. The molecule has 4 nitrogen and oxygen atoms in total. The summed E-state index contributed by atoms with van der Waals surface area (Å²) in [4.78, 5) is 8.96. The van der Waals surface area contributed by atoms with E-state index in [1.54, 1.807) is 5.57 Å². The Bertz CT molecular complexity index is 1340. The van der Waals surface area contributed by atoms with E-state index in [1.165, 1.54) is 55.3 Å². The Balaban J connectivity index is 1.11. The predicted octanol–water partition coefficient (Wildman–Crippen LogP) is 7.43. The second kappa shape index (κ2) is 8.41. The van der Waals surface area contributed by atoms with Crippen molar-refractivity contribution in [2.75, 3.05) is 0 Å². The van der Waals surface area contributed by atoms with E-state index in [9.17, 15) is 0 Å². The lowest BCUT2D eigenvalue weighted by atomic mass is 9.47. The normalized spacial score (nSPS) is 35.5. The maximum atomic E-state index is 6.38.